The van der Waals surface area contributed by atoms with Crippen molar-refractivity contribution in [3.63, 3.8) is 0 Å². The molecule has 1 aliphatic rings. The first-order valence-electron chi connectivity index (χ1n) is 8.09. The van der Waals surface area contributed by atoms with Crippen molar-refractivity contribution in [1.29, 1.82) is 0 Å². The summed E-state index contributed by atoms with van der Waals surface area (Å²) in [4.78, 5) is 6.17. The zero-order valence-corrected chi connectivity index (χ0v) is 13.1. The fourth-order valence-corrected chi connectivity index (χ4v) is 2.85. The number of aromatic nitrogens is 1. The van der Waals surface area contributed by atoms with Crippen LogP contribution in [-0.2, 0) is 0 Å². The Balaban J connectivity index is 1.37. The van der Waals surface area contributed by atoms with E-state index in [0.29, 0.717) is 18.5 Å². The molecule has 0 aliphatic carbocycles. The molecule has 1 saturated heterocycles. The van der Waals surface area contributed by atoms with Crippen molar-refractivity contribution in [3.05, 3.63) is 54.5 Å². The van der Waals surface area contributed by atoms with E-state index in [1.54, 1.807) is 12.3 Å². The molecule has 0 spiro atoms. The SMILES string of the molecule is Fc1cccnc1N1CCC(NCCOc2ccccc2)CC1. The van der Waals surface area contributed by atoms with Crippen molar-refractivity contribution >= 4 is 5.82 Å². The highest BCUT2D eigenvalue weighted by molar-refractivity contribution is 5.40. The lowest BCUT2D eigenvalue weighted by molar-refractivity contribution is 0.296. The number of hydrogen-bond acceptors (Lipinski definition) is 4. The molecule has 0 bridgehead atoms. The molecule has 1 fully saturated rings. The molecule has 0 unspecified atom stereocenters. The number of ether oxygens (including phenoxy) is 1. The minimum absolute atomic E-state index is 0.241. The largest absolute Gasteiger partial charge is 0.492 e. The molecule has 1 N–H and O–H groups in total. The highest BCUT2D eigenvalue weighted by Gasteiger charge is 2.21. The molecule has 1 aliphatic heterocycles. The summed E-state index contributed by atoms with van der Waals surface area (Å²) >= 11 is 0. The third kappa shape index (κ3) is 4.42. The summed E-state index contributed by atoms with van der Waals surface area (Å²) in [5, 5.41) is 3.51. The fourth-order valence-electron chi connectivity index (χ4n) is 2.85. The van der Waals surface area contributed by atoms with Crippen LogP contribution < -0.4 is 15.0 Å². The molecule has 1 aromatic heterocycles. The number of piperidine rings is 1. The summed E-state index contributed by atoms with van der Waals surface area (Å²) in [5.41, 5.74) is 0. The number of rotatable bonds is 6. The number of hydrogen-bond donors (Lipinski definition) is 1. The second-order valence-electron chi connectivity index (χ2n) is 5.69. The number of halogens is 1. The Morgan fingerprint density at radius 2 is 1.91 bits per heavy atom. The molecule has 122 valence electrons. The molecule has 2 aromatic rings. The van der Waals surface area contributed by atoms with Crippen molar-refractivity contribution in [2.45, 2.75) is 18.9 Å². The Morgan fingerprint density at radius 3 is 2.65 bits per heavy atom. The Hall–Kier alpha value is -2.14. The highest BCUT2D eigenvalue weighted by atomic mass is 19.1. The van der Waals surface area contributed by atoms with Crippen LogP contribution in [-0.4, -0.2) is 37.3 Å². The van der Waals surface area contributed by atoms with Crippen molar-refractivity contribution < 1.29 is 9.13 Å². The zero-order valence-electron chi connectivity index (χ0n) is 13.1. The maximum Gasteiger partial charge on any atom is 0.165 e. The number of para-hydroxylation sites is 1. The Bertz CT molecular complexity index is 600. The smallest absolute Gasteiger partial charge is 0.165 e. The van der Waals surface area contributed by atoms with Gasteiger partial charge in [-0.05, 0) is 37.1 Å². The monoisotopic (exact) mass is 315 g/mol. The third-order valence-electron chi connectivity index (χ3n) is 4.08. The molecular weight excluding hydrogens is 293 g/mol. The summed E-state index contributed by atoms with van der Waals surface area (Å²) in [6.45, 7) is 3.12. The van der Waals surface area contributed by atoms with Crippen molar-refractivity contribution in [1.82, 2.24) is 10.3 Å². The maximum atomic E-state index is 13.7. The number of benzene rings is 1. The lowest BCUT2D eigenvalue weighted by atomic mass is 10.1. The highest BCUT2D eigenvalue weighted by Crippen LogP contribution is 2.20. The maximum absolute atomic E-state index is 13.7. The van der Waals surface area contributed by atoms with Gasteiger partial charge in [-0.1, -0.05) is 18.2 Å². The van der Waals surface area contributed by atoms with Crippen LogP contribution in [0, 0.1) is 5.82 Å². The van der Waals surface area contributed by atoms with E-state index >= 15 is 0 Å². The van der Waals surface area contributed by atoms with E-state index in [0.717, 1.165) is 38.2 Å². The minimum Gasteiger partial charge on any atom is -0.492 e. The number of nitrogens with one attached hydrogen (secondary N) is 1. The van der Waals surface area contributed by atoms with Gasteiger partial charge < -0.3 is 15.0 Å². The fraction of sp³-hybridized carbons (Fsp3) is 0.389. The molecule has 2 heterocycles. The Labute approximate surface area is 136 Å². The topological polar surface area (TPSA) is 37.4 Å². The van der Waals surface area contributed by atoms with E-state index in [9.17, 15) is 4.39 Å². The van der Waals surface area contributed by atoms with Gasteiger partial charge in [0.05, 0.1) is 0 Å². The molecule has 5 heteroatoms. The lowest BCUT2D eigenvalue weighted by Gasteiger charge is -2.33. The van der Waals surface area contributed by atoms with Gasteiger partial charge in [0, 0.05) is 31.9 Å². The molecular formula is C18H22FN3O. The average Bonchev–Trinajstić information content (AvgIpc) is 2.61. The van der Waals surface area contributed by atoms with Gasteiger partial charge in [0.1, 0.15) is 12.4 Å². The molecule has 1 aromatic carbocycles. The first kappa shape index (κ1) is 15.7. The number of nitrogens with zero attached hydrogens (tertiary/aromatic N) is 2. The van der Waals surface area contributed by atoms with E-state index in [4.69, 9.17) is 4.74 Å². The second kappa shape index (κ2) is 7.92. The first-order chi connectivity index (χ1) is 11.3. The van der Waals surface area contributed by atoms with Gasteiger partial charge in [-0.15, -0.1) is 0 Å². The second-order valence-corrected chi connectivity index (χ2v) is 5.69. The van der Waals surface area contributed by atoms with Gasteiger partial charge in [0.15, 0.2) is 11.6 Å². The summed E-state index contributed by atoms with van der Waals surface area (Å²) in [5.74, 6) is 1.13. The van der Waals surface area contributed by atoms with Crippen LogP contribution in [0.5, 0.6) is 5.75 Å². The predicted molar refractivity (Wildman–Crippen MR) is 89.4 cm³/mol. The third-order valence-corrected chi connectivity index (χ3v) is 4.08. The normalized spacial score (nSPS) is 15.6. The van der Waals surface area contributed by atoms with Crippen molar-refractivity contribution in [2.75, 3.05) is 31.1 Å². The molecule has 23 heavy (non-hydrogen) atoms. The molecule has 0 amide bonds. The van der Waals surface area contributed by atoms with Gasteiger partial charge in [-0.3, -0.25) is 0 Å². The number of pyridine rings is 1. The first-order valence-corrected chi connectivity index (χ1v) is 8.09. The summed E-state index contributed by atoms with van der Waals surface area (Å²) in [6, 6.07) is 13.4. The quantitative estimate of drug-likeness (QED) is 0.832. The van der Waals surface area contributed by atoms with Crippen molar-refractivity contribution in [2.24, 2.45) is 0 Å². The van der Waals surface area contributed by atoms with Crippen LogP contribution in [0.3, 0.4) is 0 Å². The van der Waals surface area contributed by atoms with Crippen molar-refractivity contribution in [3.8, 4) is 5.75 Å². The van der Waals surface area contributed by atoms with Crippen LogP contribution in [0.2, 0.25) is 0 Å². The minimum atomic E-state index is -0.241. The van der Waals surface area contributed by atoms with Gasteiger partial charge in [0.25, 0.3) is 0 Å². The Kier molecular flexibility index (Phi) is 5.42. The van der Waals surface area contributed by atoms with E-state index in [-0.39, 0.29) is 5.82 Å². The lowest BCUT2D eigenvalue weighted by Crippen LogP contribution is -2.44. The zero-order chi connectivity index (χ0) is 15.9. The summed E-state index contributed by atoms with van der Waals surface area (Å²) in [6.07, 6.45) is 3.62. The Morgan fingerprint density at radius 1 is 1.13 bits per heavy atom. The summed E-state index contributed by atoms with van der Waals surface area (Å²) < 4.78 is 19.4. The number of anilines is 1. The molecule has 0 radical (unpaired) electrons. The van der Waals surface area contributed by atoms with E-state index in [1.165, 1.54) is 6.07 Å². The molecule has 0 saturated carbocycles. The van der Waals surface area contributed by atoms with Crippen LogP contribution in [0.4, 0.5) is 10.2 Å². The molecule has 3 rings (SSSR count). The van der Waals surface area contributed by atoms with E-state index in [1.807, 2.05) is 35.2 Å². The van der Waals surface area contributed by atoms with Gasteiger partial charge in [0.2, 0.25) is 0 Å². The van der Waals surface area contributed by atoms with Crippen LogP contribution in [0.15, 0.2) is 48.7 Å². The average molecular weight is 315 g/mol. The molecule has 0 atom stereocenters. The molecule has 4 nitrogen and oxygen atoms in total. The van der Waals surface area contributed by atoms with E-state index < -0.39 is 0 Å². The van der Waals surface area contributed by atoms with Crippen LogP contribution >= 0.6 is 0 Å². The van der Waals surface area contributed by atoms with Gasteiger partial charge >= 0.3 is 0 Å². The van der Waals surface area contributed by atoms with Gasteiger partial charge in [-0.2, -0.15) is 0 Å². The summed E-state index contributed by atoms with van der Waals surface area (Å²) in [7, 11) is 0. The standard InChI is InChI=1S/C18H22FN3O/c19-17-7-4-10-21-18(17)22-12-8-15(9-13-22)20-11-14-23-16-5-2-1-3-6-16/h1-7,10,15,20H,8-9,11-14H2. The van der Waals surface area contributed by atoms with Gasteiger partial charge in [-0.25, -0.2) is 9.37 Å². The van der Waals surface area contributed by atoms with Crippen LogP contribution in [0.25, 0.3) is 0 Å². The van der Waals surface area contributed by atoms with E-state index in [2.05, 4.69) is 10.3 Å². The predicted octanol–water partition coefficient (Wildman–Crippen LogP) is 2.86. The van der Waals surface area contributed by atoms with Crippen LogP contribution in [0.1, 0.15) is 12.8 Å².